The molecule has 1 saturated carbocycles. The number of carboxylic acid groups (broad SMARTS) is 1. The molecule has 6 rings (SSSR count). The van der Waals surface area contributed by atoms with Crippen molar-refractivity contribution < 1.29 is 29.0 Å². The van der Waals surface area contributed by atoms with Gasteiger partial charge in [0.05, 0.1) is 18.1 Å². The molecule has 3 amide bonds. The van der Waals surface area contributed by atoms with Gasteiger partial charge in [-0.25, -0.2) is 9.78 Å². The summed E-state index contributed by atoms with van der Waals surface area (Å²) in [5.74, 6) is -2.73. The number of rotatable bonds is 8. The number of aromatic carboxylic acids is 1. The van der Waals surface area contributed by atoms with Crippen LogP contribution in [0.4, 0.5) is 5.69 Å². The Kier molecular flexibility index (Phi) is 9.80. The highest BCUT2D eigenvalue weighted by molar-refractivity contribution is 7.10. The van der Waals surface area contributed by atoms with E-state index in [4.69, 9.17) is 10.5 Å². The lowest BCUT2D eigenvalue weighted by Crippen LogP contribution is -2.59. The number of pyridine rings is 1. The molecule has 6 N–H and O–H groups in total. The molecule has 50 heavy (non-hydrogen) atoms. The summed E-state index contributed by atoms with van der Waals surface area (Å²) < 4.78 is 6.38. The van der Waals surface area contributed by atoms with Crippen molar-refractivity contribution in [2.75, 3.05) is 19.0 Å². The highest BCUT2D eigenvalue weighted by Crippen LogP contribution is 2.46. The van der Waals surface area contributed by atoms with Gasteiger partial charge in [0.2, 0.25) is 5.91 Å². The number of benzene rings is 1. The summed E-state index contributed by atoms with van der Waals surface area (Å²) in [5, 5.41) is 21.1. The number of fused-ring (bicyclic) bond motifs is 3. The van der Waals surface area contributed by atoms with Crippen molar-refractivity contribution in [3.05, 3.63) is 97.5 Å². The Morgan fingerprint density at radius 2 is 1.78 bits per heavy atom. The quantitative estimate of drug-likeness (QED) is 0.220. The number of carbonyl (C=O) groups excluding carboxylic acids is 3. The van der Waals surface area contributed by atoms with Crippen molar-refractivity contribution in [1.29, 1.82) is 0 Å². The molecule has 12 heteroatoms. The molecule has 0 bridgehead atoms. The maximum absolute atomic E-state index is 14.4. The number of thiophene rings is 1. The summed E-state index contributed by atoms with van der Waals surface area (Å²) in [6, 6.07) is 8.88. The summed E-state index contributed by atoms with van der Waals surface area (Å²) in [6.45, 7) is 6.65. The zero-order valence-corrected chi connectivity index (χ0v) is 29.6. The van der Waals surface area contributed by atoms with E-state index in [2.05, 4.69) is 27.0 Å². The van der Waals surface area contributed by atoms with E-state index in [0.717, 1.165) is 46.4 Å². The first-order valence-electron chi connectivity index (χ1n) is 16.9. The van der Waals surface area contributed by atoms with Crippen molar-refractivity contribution in [2.45, 2.75) is 82.9 Å². The first kappa shape index (κ1) is 35.2. The molecule has 2 aromatic heterocycles. The number of anilines is 1. The fraction of sp³-hybridized carbons (Fsp3) is 0.395. The van der Waals surface area contributed by atoms with Gasteiger partial charge in [0, 0.05) is 35.3 Å². The van der Waals surface area contributed by atoms with Gasteiger partial charge < -0.3 is 31.5 Å². The molecule has 1 aliphatic heterocycles. The van der Waals surface area contributed by atoms with Crippen LogP contribution in [0.15, 0.2) is 53.4 Å². The van der Waals surface area contributed by atoms with E-state index in [1.54, 1.807) is 11.3 Å². The van der Waals surface area contributed by atoms with E-state index in [9.17, 15) is 24.3 Å². The van der Waals surface area contributed by atoms with Gasteiger partial charge in [0.15, 0.2) is 5.69 Å². The van der Waals surface area contributed by atoms with Crippen LogP contribution in [-0.2, 0) is 32.7 Å². The maximum atomic E-state index is 14.4. The number of nitrogens with one attached hydrogen (secondary N) is 3. The summed E-state index contributed by atoms with van der Waals surface area (Å²) in [7, 11) is 1.53. The molecule has 3 heterocycles. The standard InChI is InChI=1S/C38H43N5O6S/c1-21-16-23(20-39)17-22(2)30(21)42-33(44)27-19-37(3)29(49-14-10-24-11-15-50-32(24)37)18-26(27)25-8-9-28(41-31(25)35(46)47)34(45)43-38(36(48)40-4)12-6-5-7-13-38/h8-9,11,15-19,29H,5-7,10,12-14,20,39H2,1-4H3,(H,40,48)(H,42,44)(H,43,45)(H,46,47). The minimum Gasteiger partial charge on any atom is -0.476 e. The third-order valence-corrected chi connectivity index (χ3v) is 11.4. The third kappa shape index (κ3) is 6.38. The zero-order valence-electron chi connectivity index (χ0n) is 28.8. The minimum absolute atomic E-state index is 0.142. The summed E-state index contributed by atoms with van der Waals surface area (Å²) in [6.07, 6.45) is 7.34. The Bertz CT molecular complexity index is 1920. The van der Waals surface area contributed by atoms with E-state index in [1.807, 2.05) is 50.4 Å². The molecule has 11 nitrogen and oxygen atoms in total. The fourth-order valence-corrected chi connectivity index (χ4v) is 8.73. The SMILES string of the molecule is CNC(=O)C1(NC(=O)c2ccc(C3=CC4OCCc5ccsc5C4(C)C=C3C(=O)Nc3c(C)cc(CN)cc3C)c(C(=O)O)n2)CCCCC1. The van der Waals surface area contributed by atoms with Crippen LogP contribution in [0.3, 0.4) is 0 Å². The molecule has 2 unspecified atom stereocenters. The van der Waals surface area contributed by atoms with E-state index < -0.39 is 40.5 Å². The van der Waals surface area contributed by atoms with Crippen molar-refractivity contribution in [3.63, 3.8) is 0 Å². The number of hydrogen-bond acceptors (Lipinski definition) is 8. The van der Waals surface area contributed by atoms with E-state index >= 15 is 0 Å². The first-order valence-corrected chi connectivity index (χ1v) is 17.8. The zero-order chi connectivity index (χ0) is 35.8. The Morgan fingerprint density at radius 3 is 2.44 bits per heavy atom. The number of aromatic nitrogens is 1. The van der Waals surface area contributed by atoms with Crippen LogP contribution in [0.2, 0.25) is 0 Å². The second-order valence-corrected chi connectivity index (χ2v) is 14.5. The predicted molar refractivity (Wildman–Crippen MR) is 192 cm³/mol. The fourth-order valence-electron chi connectivity index (χ4n) is 7.61. The summed E-state index contributed by atoms with van der Waals surface area (Å²) >= 11 is 1.60. The molecule has 1 fully saturated rings. The van der Waals surface area contributed by atoms with Crippen LogP contribution >= 0.6 is 11.3 Å². The number of carbonyl (C=O) groups is 4. The van der Waals surface area contributed by atoms with Gasteiger partial charge in [-0.05, 0) is 97.5 Å². The average molecular weight is 698 g/mol. The molecule has 0 spiro atoms. The largest absolute Gasteiger partial charge is 0.476 e. The Labute approximate surface area is 295 Å². The lowest BCUT2D eigenvalue weighted by Gasteiger charge is -2.37. The van der Waals surface area contributed by atoms with E-state index in [0.29, 0.717) is 43.7 Å². The van der Waals surface area contributed by atoms with Gasteiger partial charge in [-0.1, -0.05) is 37.5 Å². The molecule has 262 valence electrons. The number of ether oxygens (including phenoxy) is 1. The van der Waals surface area contributed by atoms with Crippen molar-refractivity contribution in [2.24, 2.45) is 5.73 Å². The second-order valence-electron chi connectivity index (χ2n) is 13.6. The molecule has 3 aliphatic rings. The molecule has 2 aliphatic carbocycles. The topological polar surface area (TPSA) is 173 Å². The highest BCUT2D eigenvalue weighted by Gasteiger charge is 2.44. The van der Waals surface area contributed by atoms with Gasteiger partial charge in [-0.3, -0.25) is 14.4 Å². The molecule has 2 atom stereocenters. The van der Waals surface area contributed by atoms with Gasteiger partial charge in [-0.15, -0.1) is 11.3 Å². The van der Waals surface area contributed by atoms with Crippen LogP contribution in [0.25, 0.3) is 5.57 Å². The Morgan fingerprint density at radius 1 is 1.06 bits per heavy atom. The predicted octanol–water partition coefficient (Wildman–Crippen LogP) is 4.96. The van der Waals surface area contributed by atoms with Crippen LogP contribution < -0.4 is 21.7 Å². The Balaban J connectivity index is 1.43. The van der Waals surface area contributed by atoms with Crippen LogP contribution in [0.1, 0.15) is 92.7 Å². The molecule has 1 aromatic carbocycles. The van der Waals surface area contributed by atoms with Crippen molar-refractivity contribution >= 4 is 46.3 Å². The molecular formula is C38H43N5O6S. The average Bonchev–Trinajstić information content (AvgIpc) is 3.54. The van der Waals surface area contributed by atoms with Crippen molar-refractivity contribution in [3.8, 4) is 0 Å². The smallest absolute Gasteiger partial charge is 0.355 e. The first-order chi connectivity index (χ1) is 23.9. The molecule has 0 saturated heterocycles. The number of nitrogens with two attached hydrogens (primary N) is 1. The molecule has 0 radical (unpaired) electrons. The highest BCUT2D eigenvalue weighted by atomic mass is 32.1. The van der Waals surface area contributed by atoms with Crippen LogP contribution in [0.5, 0.6) is 0 Å². The van der Waals surface area contributed by atoms with E-state index in [-0.39, 0.29) is 22.7 Å². The third-order valence-electron chi connectivity index (χ3n) is 10.2. The maximum Gasteiger partial charge on any atom is 0.355 e. The second kappa shape index (κ2) is 13.9. The number of likely N-dealkylation sites (N-methyl/N-ethyl adjacent to an activating group) is 1. The molecular weight excluding hydrogens is 655 g/mol. The lowest BCUT2D eigenvalue weighted by atomic mass is 9.73. The van der Waals surface area contributed by atoms with E-state index in [1.165, 1.54) is 19.2 Å². The Hall–Kier alpha value is -4.65. The summed E-state index contributed by atoms with van der Waals surface area (Å²) in [5.41, 5.74) is 8.73. The van der Waals surface area contributed by atoms with Gasteiger partial charge >= 0.3 is 5.97 Å². The number of amides is 3. The molecule has 3 aromatic rings. The monoisotopic (exact) mass is 697 g/mol. The summed E-state index contributed by atoms with van der Waals surface area (Å²) in [4.78, 5) is 59.2. The van der Waals surface area contributed by atoms with Gasteiger partial charge in [0.1, 0.15) is 11.2 Å². The number of carboxylic acids is 1. The van der Waals surface area contributed by atoms with Crippen LogP contribution in [0, 0.1) is 13.8 Å². The normalized spacial score (nSPS) is 21.0. The van der Waals surface area contributed by atoms with Gasteiger partial charge in [-0.2, -0.15) is 0 Å². The minimum atomic E-state index is -1.37. The van der Waals surface area contributed by atoms with Gasteiger partial charge in [0.25, 0.3) is 11.8 Å². The number of hydrogen-bond donors (Lipinski definition) is 5. The van der Waals surface area contributed by atoms with Crippen LogP contribution in [-0.4, -0.2) is 59.1 Å². The number of nitrogens with zero attached hydrogens (tertiary/aromatic N) is 1. The van der Waals surface area contributed by atoms with Crippen molar-refractivity contribution in [1.82, 2.24) is 15.6 Å². The lowest BCUT2D eigenvalue weighted by molar-refractivity contribution is -0.128. The number of aryl methyl sites for hydroxylation is 2.